The number of hydrogen-bond donors (Lipinski definition) is 1. The van der Waals surface area contributed by atoms with Gasteiger partial charge in [-0.15, -0.1) is 11.3 Å². The zero-order valence-electron chi connectivity index (χ0n) is 13.3. The third kappa shape index (κ3) is 6.91. The Morgan fingerprint density at radius 1 is 1.33 bits per heavy atom. The Hall–Kier alpha value is -0.430. The van der Waals surface area contributed by atoms with E-state index in [0.29, 0.717) is 0 Å². The Labute approximate surface area is 133 Å². The predicted octanol–water partition coefficient (Wildman–Crippen LogP) is 2.72. The second-order valence-corrected chi connectivity index (χ2v) is 8.60. The fraction of sp³-hybridized carbons (Fsp3) is 0.733. The molecule has 6 heteroatoms. The van der Waals surface area contributed by atoms with Crippen LogP contribution in [0.4, 0.5) is 0 Å². The largest absolute Gasteiger partial charge is 0.317 e. The van der Waals surface area contributed by atoms with Crippen LogP contribution in [0.3, 0.4) is 0 Å². The van der Waals surface area contributed by atoms with Crippen molar-refractivity contribution in [3.05, 3.63) is 22.4 Å². The maximum atomic E-state index is 12.3. The average molecular weight is 333 g/mol. The van der Waals surface area contributed by atoms with Gasteiger partial charge in [-0.2, -0.15) is 0 Å². The van der Waals surface area contributed by atoms with Crippen molar-refractivity contribution in [1.29, 1.82) is 0 Å². The first-order valence-electron chi connectivity index (χ1n) is 7.66. The Bertz CT molecular complexity index is 472. The van der Waals surface area contributed by atoms with Gasteiger partial charge in [-0.1, -0.05) is 13.0 Å². The molecular weight excluding hydrogens is 304 g/mol. The van der Waals surface area contributed by atoms with Crippen LogP contribution in [0.25, 0.3) is 0 Å². The van der Waals surface area contributed by atoms with E-state index in [0.717, 1.165) is 38.8 Å². The van der Waals surface area contributed by atoms with Crippen LogP contribution >= 0.6 is 11.3 Å². The lowest BCUT2D eigenvalue weighted by Gasteiger charge is -2.24. The summed E-state index contributed by atoms with van der Waals surface area (Å²) in [6.45, 7) is 6.00. The lowest BCUT2D eigenvalue weighted by molar-refractivity contribution is 0.387. The van der Waals surface area contributed by atoms with E-state index in [1.807, 2.05) is 18.4 Å². The normalized spacial score (nSPS) is 13.7. The van der Waals surface area contributed by atoms with Gasteiger partial charge in [0, 0.05) is 18.0 Å². The quantitative estimate of drug-likeness (QED) is 0.634. The second-order valence-electron chi connectivity index (χ2n) is 5.42. The molecule has 0 saturated carbocycles. The minimum absolute atomic E-state index is 0.00636. The highest BCUT2D eigenvalue weighted by atomic mass is 32.2. The maximum Gasteiger partial charge on any atom is 0.214 e. The molecule has 1 rings (SSSR count). The van der Waals surface area contributed by atoms with E-state index in [2.05, 4.69) is 18.3 Å². The maximum absolute atomic E-state index is 12.3. The molecule has 0 aromatic carbocycles. The highest BCUT2D eigenvalue weighted by molar-refractivity contribution is 7.89. The average Bonchev–Trinajstić information content (AvgIpc) is 2.94. The Balaban J connectivity index is 2.34. The van der Waals surface area contributed by atoms with Gasteiger partial charge in [-0.05, 0) is 57.1 Å². The number of likely N-dealkylation sites (N-methyl/N-ethyl adjacent to an activating group) is 1. The van der Waals surface area contributed by atoms with Gasteiger partial charge in [0.2, 0.25) is 10.0 Å². The van der Waals surface area contributed by atoms with Crippen LogP contribution in [0.5, 0.6) is 0 Å². The summed E-state index contributed by atoms with van der Waals surface area (Å²) in [6.07, 6.45) is 3.52. The molecule has 0 aliphatic carbocycles. The van der Waals surface area contributed by atoms with E-state index < -0.39 is 10.0 Å². The van der Waals surface area contributed by atoms with Crippen molar-refractivity contribution in [1.82, 2.24) is 9.62 Å². The summed E-state index contributed by atoms with van der Waals surface area (Å²) in [5.74, 6) is 0.242. The van der Waals surface area contributed by atoms with Crippen molar-refractivity contribution in [2.45, 2.75) is 45.6 Å². The first-order chi connectivity index (χ1) is 9.97. The van der Waals surface area contributed by atoms with E-state index >= 15 is 0 Å². The number of rotatable bonds is 11. The fourth-order valence-corrected chi connectivity index (χ4v) is 4.41. The van der Waals surface area contributed by atoms with Gasteiger partial charge < -0.3 is 5.32 Å². The van der Waals surface area contributed by atoms with Gasteiger partial charge in [0.1, 0.15) is 0 Å². The molecule has 1 aromatic rings. The minimum atomic E-state index is -3.15. The van der Waals surface area contributed by atoms with Gasteiger partial charge in [-0.25, -0.2) is 12.7 Å². The number of unbranched alkanes of at least 4 members (excludes halogenated alkanes) is 1. The zero-order valence-corrected chi connectivity index (χ0v) is 15.0. The van der Waals surface area contributed by atoms with Crippen LogP contribution in [0, 0.1) is 0 Å². The molecule has 0 aliphatic rings. The number of hydrogen-bond acceptors (Lipinski definition) is 4. The number of nitrogens with one attached hydrogen (secondary N) is 1. The molecule has 0 amide bonds. The van der Waals surface area contributed by atoms with Crippen LogP contribution < -0.4 is 5.32 Å². The molecule has 1 heterocycles. The molecule has 21 heavy (non-hydrogen) atoms. The van der Waals surface area contributed by atoms with Crippen molar-refractivity contribution >= 4 is 21.4 Å². The number of sulfonamides is 1. The van der Waals surface area contributed by atoms with Crippen LogP contribution in [0.15, 0.2) is 17.5 Å². The van der Waals surface area contributed by atoms with Crippen LogP contribution in [0.1, 0.15) is 38.0 Å². The zero-order chi connectivity index (χ0) is 15.7. The summed E-state index contributed by atoms with van der Waals surface area (Å²) >= 11 is 1.68. The van der Waals surface area contributed by atoms with Crippen LogP contribution in [-0.4, -0.2) is 44.7 Å². The molecule has 1 N–H and O–H groups in total. The van der Waals surface area contributed by atoms with Crippen molar-refractivity contribution < 1.29 is 8.42 Å². The lowest BCUT2D eigenvalue weighted by atomic mass is 10.2. The summed E-state index contributed by atoms with van der Waals surface area (Å²) in [6, 6.07) is 4.07. The van der Waals surface area contributed by atoms with Gasteiger partial charge in [0.25, 0.3) is 0 Å². The molecule has 1 atom stereocenters. The lowest BCUT2D eigenvalue weighted by Crippen LogP contribution is -2.37. The topological polar surface area (TPSA) is 49.4 Å². The molecule has 122 valence electrons. The fourth-order valence-electron chi connectivity index (χ4n) is 2.10. The van der Waals surface area contributed by atoms with Crippen molar-refractivity contribution in [3.63, 3.8) is 0 Å². The molecule has 1 unspecified atom stereocenters. The Kier molecular flexibility index (Phi) is 8.48. The SMILES string of the molecule is CCCNCCCCS(=O)(=O)N(C)C(C)Cc1cccs1. The summed E-state index contributed by atoms with van der Waals surface area (Å²) < 4.78 is 26.1. The highest BCUT2D eigenvalue weighted by Crippen LogP contribution is 2.16. The van der Waals surface area contributed by atoms with Crippen molar-refractivity contribution in [2.75, 3.05) is 25.9 Å². The molecule has 0 fully saturated rings. The standard InChI is InChI=1S/C15H28N2O2S2/c1-4-9-16-10-5-6-12-21(18,19)17(3)14(2)13-15-8-7-11-20-15/h7-8,11,14,16H,4-6,9-10,12-13H2,1-3H3. The van der Waals surface area contributed by atoms with E-state index in [1.54, 1.807) is 18.4 Å². The molecule has 0 aliphatic heterocycles. The number of thiophene rings is 1. The summed E-state index contributed by atoms with van der Waals surface area (Å²) in [4.78, 5) is 1.23. The van der Waals surface area contributed by atoms with E-state index in [-0.39, 0.29) is 11.8 Å². The van der Waals surface area contributed by atoms with Crippen molar-refractivity contribution in [2.24, 2.45) is 0 Å². The third-order valence-corrected chi connectivity index (χ3v) is 6.51. The molecular formula is C15H28N2O2S2. The molecule has 0 bridgehead atoms. The first-order valence-corrected chi connectivity index (χ1v) is 10.1. The Morgan fingerprint density at radius 3 is 2.71 bits per heavy atom. The second kappa shape index (κ2) is 9.56. The summed E-state index contributed by atoms with van der Waals surface area (Å²) in [5, 5.41) is 5.32. The molecule has 4 nitrogen and oxygen atoms in total. The van der Waals surface area contributed by atoms with E-state index in [4.69, 9.17) is 0 Å². The van der Waals surface area contributed by atoms with Gasteiger partial charge in [0.15, 0.2) is 0 Å². The van der Waals surface area contributed by atoms with E-state index in [1.165, 1.54) is 9.18 Å². The van der Waals surface area contributed by atoms with E-state index in [9.17, 15) is 8.42 Å². The number of nitrogens with zero attached hydrogens (tertiary/aromatic N) is 1. The predicted molar refractivity (Wildman–Crippen MR) is 91.4 cm³/mol. The summed E-state index contributed by atoms with van der Waals surface area (Å²) in [7, 11) is -1.45. The molecule has 0 saturated heterocycles. The molecule has 0 spiro atoms. The Morgan fingerprint density at radius 2 is 2.10 bits per heavy atom. The summed E-state index contributed by atoms with van der Waals surface area (Å²) in [5.41, 5.74) is 0. The molecule has 1 aromatic heterocycles. The van der Waals surface area contributed by atoms with Gasteiger partial charge in [-0.3, -0.25) is 0 Å². The van der Waals surface area contributed by atoms with Gasteiger partial charge in [0.05, 0.1) is 5.75 Å². The smallest absolute Gasteiger partial charge is 0.214 e. The molecule has 0 radical (unpaired) electrons. The highest BCUT2D eigenvalue weighted by Gasteiger charge is 2.23. The van der Waals surface area contributed by atoms with Gasteiger partial charge >= 0.3 is 0 Å². The van der Waals surface area contributed by atoms with Crippen LogP contribution in [-0.2, 0) is 16.4 Å². The van der Waals surface area contributed by atoms with Crippen molar-refractivity contribution in [3.8, 4) is 0 Å². The first kappa shape index (κ1) is 18.6. The third-order valence-electron chi connectivity index (χ3n) is 3.57. The van der Waals surface area contributed by atoms with Crippen LogP contribution in [0.2, 0.25) is 0 Å². The monoisotopic (exact) mass is 332 g/mol. The minimum Gasteiger partial charge on any atom is -0.317 e.